The second-order valence-electron chi connectivity index (χ2n) is 4.36. The van der Waals surface area contributed by atoms with Crippen molar-refractivity contribution in [1.29, 1.82) is 0 Å². The van der Waals surface area contributed by atoms with Crippen molar-refractivity contribution in [3.05, 3.63) is 23.3 Å². The van der Waals surface area contributed by atoms with E-state index in [9.17, 15) is 4.79 Å². The summed E-state index contributed by atoms with van der Waals surface area (Å²) in [6.45, 7) is 7.06. The molecule has 0 aliphatic rings. The Morgan fingerprint density at radius 2 is 2.00 bits per heavy atom. The van der Waals surface area contributed by atoms with Crippen molar-refractivity contribution in [2.24, 2.45) is 0 Å². The van der Waals surface area contributed by atoms with Crippen LogP contribution in [0.15, 0.2) is 12.1 Å². The van der Waals surface area contributed by atoms with Gasteiger partial charge in [0, 0.05) is 13.0 Å². The lowest BCUT2D eigenvalue weighted by Gasteiger charge is -2.11. The molecule has 1 aromatic rings. The molecule has 0 saturated carbocycles. The van der Waals surface area contributed by atoms with Gasteiger partial charge in [-0.05, 0) is 50.5 Å². The van der Waals surface area contributed by atoms with Gasteiger partial charge >= 0.3 is 5.97 Å². The number of nitrogens with two attached hydrogens (primary N) is 1. The molecule has 0 atom stereocenters. The SMILES string of the molecule is CCOC(=O)CCCNc1cc(C)c(C)cc1N. The van der Waals surface area contributed by atoms with E-state index in [0.29, 0.717) is 19.6 Å². The topological polar surface area (TPSA) is 64.3 Å². The molecular weight excluding hydrogens is 228 g/mol. The van der Waals surface area contributed by atoms with Gasteiger partial charge in [0.15, 0.2) is 0 Å². The van der Waals surface area contributed by atoms with Gasteiger partial charge in [-0.25, -0.2) is 0 Å². The Kier molecular flexibility index (Phi) is 5.49. The Morgan fingerprint density at radius 3 is 2.67 bits per heavy atom. The lowest BCUT2D eigenvalue weighted by Crippen LogP contribution is -2.09. The number of hydrogen-bond donors (Lipinski definition) is 2. The first-order valence-electron chi connectivity index (χ1n) is 6.30. The van der Waals surface area contributed by atoms with Crippen molar-refractivity contribution in [2.45, 2.75) is 33.6 Å². The normalized spacial score (nSPS) is 10.2. The van der Waals surface area contributed by atoms with Crippen molar-refractivity contribution in [1.82, 2.24) is 0 Å². The zero-order chi connectivity index (χ0) is 13.5. The maximum atomic E-state index is 11.1. The fourth-order valence-corrected chi connectivity index (χ4v) is 1.68. The van der Waals surface area contributed by atoms with Crippen LogP contribution in [0.4, 0.5) is 11.4 Å². The van der Waals surface area contributed by atoms with E-state index in [1.807, 2.05) is 26.0 Å². The first-order chi connectivity index (χ1) is 8.54. The molecule has 0 radical (unpaired) electrons. The minimum absolute atomic E-state index is 0.146. The van der Waals surface area contributed by atoms with Crippen LogP contribution in [0, 0.1) is 13.8 Å². The summed E-state index contributed by atoms with van der Waals surface area (Å²) < 4.78 is 4.86. The van der Waals surface area contributed by atoms with Crippen LogP contribution in [0.1, 0.15) is 30.9 Å². The third kappa shape index (κ3) is 4.28. The van der Waals surface area contributed by atoms with Gasteiger partial charge in [-0.2, -0.15) is 0 Å². The molecule has 18 heavy (non-hydrogen) atoms. The number of anilines is 2. The highest BCUT2D eigenvalue weighted by Crippen LogP contribution is 2.22. The molecule has 100 valence electrons. The standard InChI is InChI=1S/C14H22N2O2/c1-4-18-14(17)6-5-7-16-13-9-11(3)10(2)8-12(13)15/h8-9,16H,4-7,15H2,1-3H3. The molecule has 0 aliphatic heterocycles. The first kappa shape index (κ1) is 14.4. The van der Waals surface area contributed by atoms with Gasteiger partial charge in [-0.15, -0.1) is 0 Å². The van der Waals surface area contributed by atoms with Gasteiger partial charge in [0.2, 0.25) is 0 Å². The fourth-order valence-electron chi connectivity index (χ4n) is 1.68. The number of nitrogens with one attached hydrogen (secondary N) is 1. The molecule has 0 spiro atoms. The van der Waals surface area contributed by atoms with E-state index in [-0.39, 0.29) is 5.97 Å². The Bertz CT molecular complexity index is 417. The fraction of sp³-hybridized carbons (Fsp3) is 0.500. The van der Waals surface area contributed by atoms with Crippen LogP contribution in [0.5, 0.6) is 0 Å². The lowest BCUT2D eigenvalue weighted by molar-refractivity contribution is -0.143. The summed E-state index contributed by atoms with van der Waals surface area (Å²) in [6.07, 6.45) is 1.18. The van der Waals surface area contributed by atoms with Crippen molar-refractivity contribution in [2.75, 3.05) is 24.2 Å². The van der Waals surface area contributed by atoms with Crippen LogP contribution >= 0.6 is 0 Å². The molecule has 4 heteroatoms. The summed E-state index contributed by atoms with van der Waals surface area (Å²) >= 11 is 0. The monoisotopic (exact) mass is 250 g/mol. The van der Waals surface area contributed by atoms with Gasteiger partial charge < -0.3 is 15.8 Å². The number of ether oxygens (including phenoxy) is 1. The lowest BCUT2D eigenvalue weighted by atomic mass is 10.1. The van der Waals surface area contributed by atoms with Crippen LogP contribution in [0.2, 0.25) is 0 Å². The molecule has 0 bridgehead atoms. The molecule has 4 nitrogen and oxygen atoms in total. The average molecular weight is 250 g/mol. The molecule has 0 unspecified atom stereocenters. The highest BCUT2D eigenvalue weighted by atomic mass is 16.5. The van der Waals surface area contributed by atoms with Crippen LogP contribution < -0.4 is 11.1 Å². The Balaban J connectivity index is 2.40. The number of benzene rings is 1. The molecule has 0 saturated heterocycles. The van der Waals surface area contributed by atoms with Crippen molar-refractivity contribution in [3.8, 4) is 0 Å². The molecule has 0 amide bonds. The molecular formula is C14H22N2O2. The summed E-state index contributed by atoms with van der Waals surface area (Å²) in [5.74, 6) is -0.146. The molecule has 3 N–H and O–H groups in total. The quantitative estimate of drug-likeness (QED) is 0.463. The number of carbonyl (C=O) groups is 1. The zero-order valence-electron chi connectivity index (χ0n) is 11.4. The Morgan fingerprint density at radius 1 is 1.33 bits per heavy atom. The Labute approximate surface area is 109 Å². The summed E-state index contributed by atoms with van der Waals surface area (Å²) in [5, 5.41) is 3.25. The van der Waals surface area contributed by atoms with Crippen molar-refractivity contribution < 1.29 is 9.53 Å². The van der Waals surface area contributed by atoms with E-state index in [2.05, 4.69) is 12.2 Å². The summed E-state index contributed by atoms with van der Waals surface area (Å²) in [4.78, 5) is 11.1. The minimum Gasteiger partial charge on any atom is -0.466 e. The van der Waals surface area contributed by atoms with Crippen LogP contribution in [0.3, 0.4) is 0 Å². The summed E-state index contributed by atoms with van der Waals surface area (Å²) in [7, 11) is 0. The third-order valence-corrected chi connectivity index (χ3v) is 2.84. The number of esters is 1. The number of rotatable bonds is 6. The number of carbonyl (C=O) groups excluding carboxylic acids is 1. The van der Waals surface area contributed by atoms with Gasteiger partial charge in [0.1, 0.15) is 0 Å². The predicted octanol–water partition coefficient (Wildman–Crippen LogP) is 2.64. The molecule has 0 heterocycles. The number of nitrogen functional groups attached to an aromatic ring is 1. The summed E-state index contributed by atoms with van der Waals surface area (Å²) in [5.41, 5.74) is 9.99. The smallest absolute Gasteiger partial charge is 0.305 e. The Hall–Kier alpha value is -1.71. The van der Waals surface area contributed by atoms with E-state index in [4.69, 9.17) is 10.5 Å². The van der Waals surface area contributed by atoms with Gasteiger partial charge in [-0.3, -0.25) is 4.79 Å². The third-order valence-electron chi connectivity index (χ3n) is 2.84. The largest absolute Gasteiger partial charge is 0.466 e. The zero-order valence-corrected chi connectivity index (χ0v) is 11.4. The van der Waals surface area contributed by atoms with Crippen LogP contribution in [0.25, 0.3) is 0 Å². The number of hydrogen-bond acceptors (Lipinski definition) is 4. The van der Waals surface area contributed by atoms with Crippen LogP contribution in [-0.4, -0.2) is 19.1 Å². The maximum Gasteiger partial charge on any atom is 0.305 e. The first-order valence-corrected chi connectivity index (χ1v) is 6.30. The van der Waals surface area contributed by atoms with Gasteiger partial charge in [0.25, 0.3) is 0 Å². The predicted molar refractivity (Wildman–Crippen MR) is 74.7 cm³/mol. The van der Waals surface area contributed by atoms with Gasteiger partial charge in [0.05, 0.1) is 18.0 Å². The van der Waals surface area contributed by atoms with Crippen LogP contribution in [-0.2, 0) is 9.53 Å². The molecule has 0 fully saturated rings. The second kappa shape index (κ2) is 6.89. The van der Waals surface area contributed by atoms with Crippen molar-refractivity contribution in [3.63, 3.8) is 0 Å². The second-order valence-corrected chi connectivity index (χ2v) is 4.36. The molecule has 0 aliphatic carbocycles. The average Bonchev–Trinajstić information content (AvgIpc) is 2.31. The summed E-state index contributed by atoms with van der Waals surface area (Å²) in [6, 6.07) is 4.00. The molecule has 1 aromatic carbocycles. The van der Waals surface area contributed by atoms with E-state index in [1.54, 1.807) is 0 Å². The molecule has 0 aromatic heterocycles. The van der Waals surface area contributed by atoms with E-state index >= 15 is 0 Å². The van der Waals surface area contributed by atoms with Gasteiger partial charge in [-0.1, -0.05) is 0 Å². The number of aryl methyl sites for hydroxylation is 2. The van der Waals surface area contributed by atoms with E-state index < -0.39 is 0 Å². The maximum absolute atomic E-state index is 11.1. The minimum atomic E-state index is -0.146. The molecule has 1 rings (SSSR count). The van der Waals surface area contributed by atoms with E-state index in [1.165, 1.54) is 11.1 Å². The van der Waals surface area contributed by atoms with E-state index in [0.717, 1.165) is 17.8 Å². The highest BCUT2D eigenvalue weighted by Gasteiger charge is 2.03. The highest BCUT2D eigenvalue weighted by molar-refractivity contribution is 5.70. The van der Waals surface area contributed by atoms with Crippen molar-refractivity contribution >= 4 is 17.3 Å².